The molecule has 0 aliphatic carbocycles. The summed E-state index contributed by atoms with van der Waals surface area (Å²) >= 11 is 6.28. The second-order valence-corrected chi connectivity index (χ2v) is 9.15. The Morgan fingerprint density at radius 2 is 2.14 bits per heavy atom. The minimum absolute atomic E-state index is 0.0308. The summed E-state index contributed by atoms with van der Waals surface area (Å²) in [5, 5.41) is 6.64. The maximum Gasteiger partial charge on any atom is 0.246 e. The van der Waals surface area contributed by atoms with Crippen LogP contribution in [0.1, 0.15) is 19.0 Å². The number of carbonyl (C=O) groups excluding carboxylic acids is 2. The van der Waals surface area contributed by atoms with Crippen LogP contribution in [0.2, 0.25) is 0 Å². The first-order valence-corrected chi connectivity index (χ1v) is 11.7. The Labute approximate surface area is 184 Å². The number of nitrogens with one attached hydrogen (secondary N) is 1. The van der Waals surface area contributed by atoms with Gasteiger partial charge in [-0.15, -0.1) is 16.4 Å². The molecule has 1 aliphatic heterocycles. The van der Waals surface area contributed by atoms with Crippen molar-refractivity contribution in [2.75, 3.05) is 12.3 Å². The van der Waals surface area contributed by atoms with Crippen LogP contribution in [-0.4, -0.2) is 43.6 Å². The molecule has 0 atom stereocenters. The van der Waals surface area contributed by atoms with Gasteiger partial charge in [0.15, 0.2) is 10.1 Å². The normalized spacial score (nSPS) is 15.6. The van der Waals surface area contributed by atoms with Gasteiger partial charge in [0.25, 0.3) is 0 Å². The maximum absolute atomic E-state index is 12.4. The van der Waals surface area contributed by atoms with Gasteiger partial charge in [-0.05, 0) is 18.6 Å². The Balaban J connectivity index is 1.46. The van der Waals surface area contributed by atoms with Gasteiger partial charge >= 0.3 is 0 Å². The fourth-order valence-electron chi connectivity index (χ4n) is 2.96. The SMILES string of the molecule is CCCN1C(=O)CS/C1=N/NC(=O)Cc1csc2nc(-c3ccc(Br)cc3)cn12. The van der Waals surface area contributed by atoms with E-state index in [0.29, 0.717) is 17.5 Å². The van der Waals surface area contributed by atoms with Gasteiger partial charge in [0, 0.05) is 33.9 Å². The summed E-state index contributed by atoms with van der Waals surface area (Å²) in [5.74, 6) is 0.170. The van der Waals surface area contributed by atoms with Crippen molar-refractivity contribution in [1.82, 2.24) is 19.7 Å². The molecule has 0 saturated carbocycles. The fraction of sp³-hybridized carbons (Fsp3) is 0.263. The van der Waals surface area contributed by atoms with E-state index in [1.165, 1.54) is 23.1 Å². The molecule has 0 unspecified atom stereocenters. The maximum atomic E-state index is 12.4. The Hall–Kier alpha value is -2.17. The number of benzene rings is 1. The van der Waals surface area contributed by atoms with Crippen molar-refractivity contribution >= 4 is 61.0 Å². The highest BCUT2D eigenvalue weighted by Crippen LogP contribution is 2.25. The monoisotopic (exact) mass is 491 g/mol. The minimum Gasteiger partial charge on any atom is -0.294 e. The number of nitrogens with zero attached hydrogens (tertiary/aromatic N) is 4. The van der Waals surface area contributed by atoms with Crippen molar-refractivity contribution in [3.8, 4) is 11.3 Å². The molecule has 1 aliphatic rings. The number of fused-ring (bicyclic) bond motifs is 1. The zero-order valence-corrected chi connectivity index (χ0v) is 18.8. The molecule has 1 fully saturated rings. The average Bonchev–Trinajstić information content (AvgIpc) is 3.38. The molecular formula is C19H18BrN5O2S2. The van der Waals surface area contributed by atoms with E-state index in [-0.39, 0.29) is 18.2 Å². The number of rotatable bonds is 6. The molecule has 10 heteroatoms. The van der Waals surface area contributed by atoms with Gasteiger partial charge in [-0.2, -0.15) is 0 Å². The largest absolute Gasteiger partial charge is 0.294 e. The highest BCUT2D eigenvalue weighted by molar-refractivity contribution is 9.10. The molecule has 29 heavy (non-hydrogen) atoms. The number of halogens is 1. The van der Waals surface area contributed by atoms with E-state index in [0.717, 1.165) is 32.8 Å². The van der Waals surface area contributed by atoms with Crippen LogP contribution in [0.5, 0.6) is 0 Å². The number of amides is 2. The third-order valence-corrected chi connectivity index (χ3v) is 6.72. The van der Waals surface area contributed by atoms with Gasteiger partial charge in [-0.3, -0.25) is 18.9 Å². The summed E-state index contributed by atoms with van der Waals surface area (Å²) in [6.45, 7) is 2.61. The van der Waals surface area contributed by atoms with Crippen molar-refractivity contribution in [3.63, 3.8) is 0 Å². The van der Waals surface area contributed by atoms with Gasteiger partial charge in [-0.1, -0.05) is 46.7 Å². The van der Waals surface area contributed by atoms with Crippen LogP contribution in [0, 0.1) is 0 Å². The number of imidazole rings is 1. The van der Waals surface area contributed by atoms with Crippen molar-refractivity contribution in [2.45, 2.75) is 19.8 Å². The zero-order valence-electron chi connectivity index (χ0n) is 15.6. The Morgan fingerprint density at radius 3 is 2.90 bits per heavy atom. The van der Waals surface area contributed by atoms with Crippen LogP contribution < -0.4 is 5.43 Å². The molecule has 2 aromatic heterocycles. The number of hydrogen-bond acceptors (Lipinski definition) is 6. The molecule has 1 N–H and O–H groups in total. The summed E-state index contributed by atoms with van der Waals surface area (Å²) in [6.07, 6.45) is 2.96. The first kappa shape index (κ1) is 20.1. The molecule has 150 valence electrons. The van der Waals surface area contributed by atoms with E-state index in [2.05, 4.69) is 31.4 Å². The summed E-state index contributed by atoms with van der Waals surface area (Å²) in [5.41, 5.74) is 5.31. The quantitative estimate of drug-likeness (QED) is 0.532. The highest BCUT2D eigenvalue weighted by atomic mass is 79.9. The van der Waals surface area contributed by atoms with Crippen molar-refractivity contribution in [2.24, 2.45) is 5.10 Å². The van der Waals surface area contributed by atoms with E-state index in [9.17, 15) is 9.59 Å². The van der Waals surface area contributed by atoms with E-state index >= 15 is 0 Å². The number of aromatic nitrogens is 2. The van der Waals surface area contributed by atoms with Gasteiger partial charge in [0.2, 0.25) is 11.8 Å². The number of amidine groups is 1. The number of hydrazone groups is 1. The topological polar surface area (TPSA) is 79.1 Å². The molecule has 7 nitrogen and oxygen atoms in total. The third-order valence-electron chi connectivity index (χ3n) is 4.35. The van der Waals surface area contributed by atoms with E-state index in [1.807, 2.05) is 47.2 Å². The van der Waals surface area contributed by atoms with Gasteiger partial charge in [0.1, 0.15) is 0 Å². The standard InChI is InChI=1S/C19H18BrN5O2S2/c1-2-7-24-17(27)11-29-19(24)23-22-16(26)8-14-10-28-18-21-15(9-25(14)18)12-3-5-13(20)6-4-12/h3-6,9-10H,2,7-8,11H2,1H3,(H,22,26)/b23-19+. The lowest BCUT2D eigenvalue weighted by molar-refractivity contribution is -0.124. The van der Waals surface area contributed by atoms with Crippen LogP contribution in [-0.2, 0) is 16.0 Å². The summed E-state index contributed by atoms with van der Waals surface area (Å²) in [4.78, 5) is 31.4. The van der Waals surface area contributed by atoms with Gasteiger partial charge in [-0.25, -0.2) is 10.4 Å². The molecule has 0 bridgehead atoms. The summed E-state index contributed by atoms with van der Waals surface area (Å²) in [7, 11) is 0. The second-order valence-electron chi connectivity index (χ2n) is 6.45. The van der Waals surface area contributed by atoms with E-state index in [1.54, 1.807) is 4.90 Å². The molecule has 0 radical (unpaired) electrons. The first-order chi connectivity index (χ1) is 14.0. The van der Waals surface area contributed by atoms with Crippen LogP contribution in [0.25, 0.3) is 16.2 Å². The van der Waals surface area contributed by atoms with Crippen LogP contribution in [0.15, 0.2) is 45.4 Å². The lowest BCUT2D eigenvalue weighted by atomic mass is 10.2. The van der Waals surface area contributed by atoms with Crippen molar-refractivity contribution in [1.29, 1.82) is 0 Å². The van der Waals surface area contributed by atoms with Crippen molar-refractivity contribution < 1.29 is 9.59 Å². The third kappa shape index (κ3) is 4.39. The highest BCUT2D eigenvalue weighted by Gasteiger charge is 2.27. The Bertz CT molecular complexity index is 1090. The molecule has 0 spiro atoms. The van der Waals surface area contributed by atoms with Crippen LogP contribution in [0.4, 0.5) is 0 Å². The predicted molar refractivity (Wildman–Crippen MR) is 120 cm³/mol. The smallest absolute Gasteiger partial charge is 0.246 e. The molecule has 3 heterocycles. The second kappa shape index (κ2) is 8.68. The minimum atomic E-state index is -0.229. The molecule has 1 aromatic carbocycles. The van der Waals surface area contributed by atoms with Crippen molar-refractivity contribution in [3.05, 3.63) is 46.0 Å². The van der Waals surface area contributed by atoms with E-state index < -0.39 is 0 Å². The lowest BCUT2D eigenvalue weighted by Gasteiger charge is -2.14. The predicted octanol–water partition coefficient (Wildman–Crippen LogP) is 3.74. The van der Waals surface area contributed by atoms with Crippen LogP contribution in [0.3, 0.4) is 0 Å². The van der Waals surface area contributed by atoms with Gasteiger partial charge in [0.05, 0.1) is 17.9 Å². The molecule has 2 amide bonds. The number of carbonyl (C=O) groups is 2. The molecule has 1 saturated heterocycles. The first-order valence-electron chi connectivity index (χ1n) is 9.06. The Kier molecular flexibility index (Phi) is 6.02. The molecule has 4 rings (SSSR count). The lowest BCUT2D eigenvalue weighted by Crippen LogP contribution is -2.32. The number of thiazole rings is 1. The van der Waals surface area contributed by atoms with E-state index in [4.69, 9.17) is 0 Å². The number of thioether (sulfide) groups is 1. The summed E-state index contributed by atoms with van der Waals surface area (Å²) < 4.78 is 2.95. The molecular weight excluding hydrogens is 474 g/mol. The fourth-order valence-corrected chi connectivity index (χ4v) is 4.96. The van der Waals surface area contributed by atoms with Crippen LogP contribution >= 0.6 is 39.0 Å². The zero-order chi connectivity index (χ0) is 20.4. The average molecular weight is 492 g/mol. The molecule has 3 aromatic rings. The number of hydrogen-bond donors (Lipinski definition) is 1. The summed E-state index contributed by atoms with van der Waals surface area (Å²) in [6, 6.07) is 7.96. The van der Waals surface area contributed by atoms with Gasteiger partial charge < -0.3 is 0 Å². The Morgan fingerprint density at radius 1 is 1.34 bits per heavy atom.